The number of amides is 2. The molecule has 2 fully saturated rings. The average Bonchev–Trinajstić information content (AvgIpc) is 2.42. The van der Waals surface area contributed by atoms with Crippen LogP contribution in [0.2, 0.25) is 0 Å². The molecule has 0 aromatic heterocycles. The first-order chi connectivity index (χ1) is 9.43. The third kappa shape index (κ3) is 3.25. The van der Waals surface area contributed by atoms with Crippen LogP contribution in [0.3, 0.4) is 0 Å². The lowest BCUT2D eigenvalue weighted by molar-refractivity contribution is -0.146. The second-order valence-corrected chi connectivity index (χ2v) is 6.67. The van der Waals surface area contributed by atoms with E-state index in [1.54, 1.807) is 4.90 Å². The van der Waals surface area contributed by atoms with Gasteiger partial charge in [-0.2, -0.15) is 0 Å². The number of rotatable bonds is 2. The molecule has 1 saturated carbocycles. The number of hydrogen-bond donors (Lipinski definition) is 2. The molecule has 1 aliphatic carbocycles. The standard InChI is InChI=1S/C15H26N2O3/c1-11-3-7-15(8-4-11,13(18)19)16-14(20)17-9-5-12(2)6-10-17/h11-12H,3-10H2,1-2H3,(H,16,20)(H,18,19). The number of likely N-dealkylation sites (tertiary alicyclic amines) is 1. The minimum Gasteiger partial charge on any atom is -0.480 e. The van der Waals surface area contributed by atoms with E-state index in [1.807, 2.05) is 0 Å². The summed E-state index contributed by atoms with van der Waals surface area (Å²) in [5.41, 5.74) is -1.05. The molecule has 20 heavy (non-hydrogen) atoms. The van der Waals surface area contributed by atoms with Crippen LogP contribution in [0.15, 0.2) is 0 Å². The first-order valence-electron chi connectivity index (χ1n) is 7.73. The number of nitrogens with zero attached hydrogens (tertiary/aromatic N) is 1. The number of carbonyl (C=O) groups excluding carboxylic acids is 1. The maximum Gasteiger partial charge on any atom is 0.329 e. The Morgan fingerprint density at radius 1 is 1.05 bits per heavy atom. The predicted molar refractivity (Wildman–Crippen MR) is 76.5 cm³/mol. The highest BCUT2D eigenvalue weighted by Gasteiger charge is 2.43. The van der Waals surface area contributed by atoms with Crippen molar-refractivity contribution in [2.75, 3.05) is 13.1 Å². The van der Waals surface area contributed by atoms with Crippen LogP contribution in [0.5, 0.6) is 0 Å². The van der Waals surface area contributed by atoms with E-state index >= 15 is 0 Å². The van der Waals surface area contributed by atoms with Gasteiger partial charge in [0.2, 0.25) is 0 Å². The van der Waals surface area contributed by atoms with Crippen LogP contribution in [-0.2, 0) is 4.79 Å². The molecule has 0 spiro atoms. The normalized spacial score (nSPS) is 31.9. The Morgan fingerprint density at radius 3 is 2.05 bits per heavy atom. The van der Waals surface area contributed by atoms with Crippen molar-refractivity contribution >= 4 is 12.0 Å². The fourth-order valence-corrected chi connectivity index (χ4v) is 3.14. The Labute approximate surface area is 120 Å². The van der Waals surface area contributed by atoms with Gasteiger partial charge >= 0.3 is 12.0 Å². The molecule has 1 saturated heterocycles. The largest absolute Gasteiger partial charge is 0.480 e. The molecule has 2 aliphatic rings. The Hall–Kier alpha value is -1.26. The molecular formula is C15H26N2O3. The molecule has 0 bridgehead atoms. The third-order valence-corrected chi connectivity index (χ3v) is 4.95. The zero-order chi connectivity index (χ0) is 14.8. The molecule has 114 valence electrons. The molecule has 2 rings (SSSR count). The maximum absolute atomic E-state index is 12.3. The zero-order valence-corrected chi connectivity index (χ0v) is 12.5. The van der Waals surface area contributed by atoms with E-state index in [2.05, 4.69) is 19.2 Å². The maximum atomic E-state index is 12.3. The Morgan fingerprint density at radius 2 is 1.55 bits per heavy atom. The number of aliphatic carboxylic acids is 1. The molecule has 5 nitrogen and oxygen atoms in total. The molecule has 0 aromatic carbocycles. The molecule has 0 aromatic rings. The summed E-state index contributed by atoms with van der Waals surface area (Å²) in [7, 11) is 0. The fraction of sp³-hybridized carbons (Fsp3) is 0.867. The monoisotopic (exact) mass is 282 g/mol. The van der Waals surface area contributed by atoms with Crippen molar-refractivity contribution in [1.82, 2.24) is 10.2 Å². The lowest BCUT2D eigenvalue weighted by Gasteiger charge is -2.39. The van der Waals surface area contributed by atoms with E-state index in [9.17, 15) is 14.7 Å². The van der Waals surface area contributed by atoms with Gasteiger partial charge in [-0.3, -0.25) is 0 Å². The molecule has 5 heteroatoms. The molecule has 0 atom stereocenters. The topological polar surface area (TPSA) is 69.6 Å². The van der Waals surface area contributed by atoms with Crippen molar-refractivity contribution in [2.45, 2.75) is 57.9 Å². The van der Waals surface area contributed by atoms with Crippen LogP contribution < -0.4 is 5.32 Å². The lowest BCUT2D eigenvalue weighted by atomic mass is 9.77. The number of urea groups is 1. The summed E-state index contributed by atoms with van der Waals surface area (Å²) in [6.45, 7) is 5.80. The SMILES string of the molecule is CC1CCN(C(=O)NC2(C(=O)O)CCC(C)CC2)CC1. The van der Waals surface area contributed by atoms with Gasteiger partial charge in [-0.25, -0.2) is 9.59 Å². The van der Waals surface area contributed by atoms with Gasteiger partial charge in [0.15, 0.2) is 0 Å². The lowest BCUT2D eigenvalue weighted by Crippen LogP contribution is -2.59. The van der Waals surface area contributed by atoms with Crippen molar-refractivity contribution < 1.29 is 14.7 Å². The minimum atomic E-state index is -1.05. The van der Waals surface area contributed by atoms with Gasteiger partial charge in [0.1, 0.15) is 5.54 Å². The fourth-order valence-electron chi connectivity index (χ4n) is 3.14. The number of nitrogens with one attached hydrogen (secondary N) is 1. The zero-order valence-electron chi connectivity index (χ0n) is 12.5. The number of carbonyl (C=O) groups is 2. The van der Waals surface area contributed by atoms with Crippen molar-refractivity contribution in [2.24, 2.45) is 11.8 Å². The van der Waals surface area contributed by atoms with Crippen LogP contribution in [-0.4, -0.2) is 40.6 Å². The van der Waals surface area contributed by atoms with Crippen LogP contribution in [0.1, 0.15) is 52.4 Å². The van der Waals surface area contributed by atoms with E-state index in [0.717, 1.165) is 38.8 Å². The molecule has 2 amide bonds. The second kappa shape index (κ2) is 6.02. The Kier molecular flexibility index (Phi) is 4.55. The summed E-state index contributed by atoms with van der Waals surface area (Å²) in [5, 5.41) is 12.4. The second-order valence-electron chi connectivity index (χ2n) is 6.67. The van der Waals surface area contributed by atoms with E-state index in [1.165, 1.54) is 0 Å². The molecule has 0 radical (unpaired) electrons. The Bertz CT molecular complexity index is 367. The van der Waals surface area contributed by atoms with Gasteiger partial charge < -0.3 is 15.3 Å². The molecule has 0 unspecified atom stereocenters. The minimum absolute atomic E-state index is 0.200. The quantitative estimate of drug-likeness (QED) is 0.817. The van der Waals surface area contributed by atoms with Gasteiger partial charge in [0.05, 0.1) is 0 Å². The molecule has 2 N–H and O–H groups in total. The van der Waals surface area contributed by atoms with Gasteiger partial charge in [-0.05, 0) is 50.4 Å². The van der Waals surface area contributed by atoms with Gasteiger partial charge in [-0.15, -0.1) is 0 Å². The summed E-state index contributed by atoms with van der Waals surface area (Å²) in [4.78, 5) is 25.7. The van der Waals surface area contributed by atoms with Crippen molar-refractivity contribution in [3.8, 4) is 0 Å². The number of carboxylic acids is 1. The highest BCUT2D eigenvalue weighted by molar-refractivity contribution is 5.86. The van der Waals surface area contributed by atoms with Gasteiger partial charge in [-0.1, -0.05) is 13.8 Å². The first-order valence-corrected chi connectivity index (χ1v) is 7.73. The highest BCUT2D eigenvalue weighted by atomic mass is 16.4. The number of piperidine rings is 1. The Balaban J connectivity index is 1.98. The van der Waals surface area contributed by atoms with Crippen LogP contribution in [0.4, 0.5) is 4.79 Å². The average molecular weight is 282 g/mol. The third-order valence-electron chi connectivity index (χ3n) is 4.95. The van der Waals surface area contributed by atoms with Crippen molar-refractivity contribution in [1.29, 1.82) is 0 Å². The van der Waals surface area contributed by atoms with Gasteiger partial charge in [0.25, 0.3) is 0 Å². The van der Waals surface area contributed by atoms with Crippen LogP contribution >= 0.6 is 0 Å². The van der Waals surface area contributed by atoms with E-state index in [0.29, 0.717) is 24.7 Å². The summed E-state index contributed by atoms with van der Waals surface area (Å²) in [5.74, 6) is 0.321. The van der Waals surface area contributed by atoms with E-state index < -0.39 is 11.5 Å². The van der Waals surface area contributed by atoms with Gasteiger partial charge in [0, 0.05) is 13.1 Å². The first kappa shape index (κ1) is 15.1. The van der Waals surface area contributed by atoms with E-state index in [-0.39, 0.29) is 6.03 Å². The van der Waals surface area contributed by atoms with Crippen LogP contribution in [0.25, 0.3) is 0 Å². The molecule has 1 aliphatic heterocycles. The van der Waals surface area contributed by atoms with E-state index in [4.69, 9.17) is 0 Å². The van der Waals surface area contributed by atoms with Crippen molar-refractivity contribution in [3.05, 3.63) is 0 Å². The van der Waals surface area contributed by atoms with Crippen molar-refractivity contribution in [3.63, 3.8) is 0 Å². The smallest absolute Gasteiger partial charge is 0.329 e. The summed E-state index contributed by atoms with van der Waals surface area (Å²) >= 11 is 0. The molecule has 1 heterocycles. The highest BCUT2D eigenvalue weighted by Crippen LogP contribution is 2.32. The number of hydrogen-bond acceptors (Lipinski definition) is 2. The molecular weight excluding hydrogens is 256 g/mol. The summed E-state index contributed by atoms with van der Waals surface area (Å²) in [6, 6.07) is -0.200. The summed E-state index contributed by atoms with van der Waals surface area (Å²) in [6.07, 6.45) is 4.82. The summed E-state index contributed by atoms with van der Waals surface area (Å²) < 4.78 is 0. The number of carboxylic acid groups (broad SMARTS) is 1. The van der Waals surface area contributed by atoms with Crippen LogP contribution in [0, 0.1) is 11.8 Å². The predicted octanol–water partition coefficient (Wildman–Crippen LogP) is 2.46.